The van der Waals surface area contributed by atoms with Gasteiger partial charge in [-0.3, -0.25) is 14.6 Å². The van der Waals surface area contributed by atoms with Gasteiger partial charge in [-0.25, -0.2) is 4.39 Å². The fourth-order valence-electron chi connectivity index (χ4n) is 4.04. The van der Waals surface area contributed by atoms with Crippen molar-refractivity contribution in [2.75, 3.05) is 32.8 Å². The molecule has 1 aliphatic rings. The number of rotatable bonds is 9. The van der Waals surface area contributed by atoms with E-state index in [0.717, 1.165) is 43.7 Å². The monoisotopic (exact) mass is 428 g/mol. The van der Waals surface area contributed by atoms with Crippen molar-refractivity contribution >= 4 is 5.97 Å². The quantitative estimate of drug-likeness (QED) is 0.559. The van der Waals surface area contributed by atoms with Gasteiger partial charge in [0.2, 0.25) is 0 Å². The summed E-state index contributed by atoms with van der Waals surface area (Å²) < 4.78 is 25.3. The van der Waals surface area contributed by atoms with E-state index in [-0.39, 0.29) is 30.2 Å². The summed E-state index contributed by atoms with van der Waals surface area (Å²) in [6, 6.07) is 16.3. The lowest BCUT2D eigenvalue weighted by molar-refractivity contribution is -0.151. The molecule has 31 heavy (non-hydrogen) atoms. The van der Waals surface area contributed by atoms with Crippen molar-refractivity contribution in [2.45, 2.75) is 45.6 Å². The van der Waals surface area contributed by atoms with E-state index in [2.05, 4.69) is 16.7 Å². The zero-order chi connectivity index (χ0) is 22.2. The number of esters is 1. The predicted molar refractivity (Wildman–Crippen MR) is 119 cm³/mol. The van der Waals surface area contributed by atoms with Crippen molar-refractivity contribution in [1.29, 1.82) is 0 Å². The number of piperazine rings is 1. The van der Waals surface area contributed by atoms with Gasteiger partial charge in [0, 0.05) is 26.2 Å². The molecule has 0 aliphatic carbocycles. The molecular weight excluding hydrogens is 395 g/mol. The minimum Gasteiger partial charge on any atom is -0.465 e. The van der Waals surface area contributed by atoms with Crippen LogP contribution in [0.1, 0.15) is 44.4 Å². The number of carbonyl (C=O) groups excluding carboxylic acids is 1. The SMILES string of the molecule is CCOC(=O)C(C)N1CCN(C(CC)OC(c2ccccc2)c2ccc(F)cc2)CC1. The highest BCUT2D eigenvalue weighted by Crippen LogP contribution is 2.29. The van der Waals surface area contributed by atoms with E-state index in [4.69, 9.17) is 9.47 Å². The van der Waals surface area contributed by atoms with Crippen molar-refractivity contribution in [3.63, 3.8) is 0 Å². The van der Waals surface area contributed by atoms with E-state index in [1.807, 2.05) is 44.2 Å². The first-order chi connectivity index (χ1) is 15.0. The average Bonchev–Trinajstić information content (AvgIpc) is 2.81. The summed E-state index contributed by atoms with van der Waals surface area (Å²) in [5.41, 5.74) is 1.97. The minimum atomic E-state index is -0.275. The third-order valence-electron chi connectivity index (χ3n) is 5.85. The molecule has 1 fully saturated rings. The Balaban J connectivity index is 1.69. The maximum Gasteiger partial charge on any atom is 0.323 e. The first-order valence-electron chi connectivity index (χ1n) is 11.1. The van der Waals surface area contributed by atoms with Crippen LogP contribution in [0.15, 0.2) is 54.6 Å². The number of ether oxygens (including phenoxy) is 2. The van der Waals surface area contributed by atoms with Crippen LogP contribution in [0, 0.1) is 5.82 Å². The van der Waals surface area contributed by atoms with Gasteiger partial charge in [0.1, 0.15) is 24.2 Å². The van der Waals surface area contributed by atoms with Gasteiger partial charge in [0.25, 0.3) is 0 Å². The van der Waals surface area contributed by atoms with Crippen LogP contribution in [0.4, 0.5) is 4.39 Å². The van der Waals surface area contributed by atoms with Crippen LogP contribution >= 0.6 is 0 Å². The van der Waals surface area contributed by atoms with E-state index in [1.165, 1.54) is 12.1 Å². The van der Waals surface area contributed by atoms with Crippen molar-refractivity contribution in [3.05, 3.63) is 71.5 Å². The van der Waals surface area contributed by atoms with Crippen LogP contribution in [-0.4, -0.2) is 60.8 Å². The third-order valence-corrected chi connectivity index (χ3v) is 5.85. The third kappa shape index (κ3) is 6.12. The zero-order valence-corrected chi connectivity index (χ0v) is 18.7. The highest BCUT2D eigenvalue weighted by atomic mass is 19.1. The Bertz CT molecular complexity index is 807. The van der Waals surface area contributed by atoms with Crippen LogP contribution in [-0.2, 0) is 14.3 Å². The number of nitrogens with zero attached hydrogens (tertiary/aromatic N) is 2. The number of carbonyl (C=O) groups is 1. The number of benzene rings is 2. The Morgan fingerprint density at radius 1 is 0.935 bits per heavy atom. The Morgan fingerprint density at radius 2 is 1.52 bits per heavy atom. The summed E-state index contributed by atoms with van der Waals surface area (Å²) in [6.45, 7) is 9.45. The molecule has 0 saturated carbocycles. The van der Waals surface area contributed by atoms with Gasteiger partial charge >= 0.3 is 5.97 Å². The summed E-state index contributed by atoms with van der Waals surface area (Å²) in [4.78, 5) is 16.6. The summed E-state index contributed by atoms with van der Waals surface area (Å²) in [7, 11) is 0. The molecule has 6 heteroatoms. The smallest absolute Gasteiger partial charge is 0.323 e. The maximum atomic E-state index is 13.5. The van der Waals surface area contributed by atoms with Gasteiger partial charge in [-0.05, 0) is 43.5 Å². The number of halogens is 1. The fraction of sp³-hybridized carbons (Fsp3) is 0.480. The standard InChI is InChI=1S/C25H33FN2O3/c1-4-23(28-17-15-27(16-18-28)19(3)25(29)30-5-2)31-24(20-9-7-6-8-10-20)21-11-13-22(26)14-12-21/h6-14,19,23-24H,4-5,15-18H2,1-3H3. The molecule has 1 aliphatic heterocycles. The average molecular weight is 429 g/mol. The van der Waals surface area contributed by atoms with E-state index < -0.39 is 0 Å². The summed E-state index contributed by atoms with van der Waals surface area (Å²) in [5.74, 6) is -0.422. The highest BCUT2D eigenvalue weighted by molar-refractivity contribution is 5.75. The summed E-state index contributed by atoms with van der Waals surface area (Å²) in [6.07, 6.45) is 0.483. The van der Waals surface area contributed by atoms with Crippen LogP contribution in [0.5, 0.6) is 0 Å². The molecule has 3 unspecified atom stereocenters. The van der Waals surface area contributed by atoms with Crippen LogP contribution in [0.2, 0.25) is 0 Å². The van der Waals surface area contributed by atoms with Crippen molar-refractivity contribution in [2.24, 2.45) is 0 Å². The Morgan fingerprint density at radius 3 is 2.10 bits per heavy atom. The van der Waals surface area contributed by atoms with Crippen molar-refractivity contribution < 1.29 is 18.7 Å². The van der Waals surface area contributed by atoms with E-state index in [0.29, 0.717) is 6.61 Å². The lowest BCUT2D eigenvalue weighted by atomic mass is 10.0. The second kappa shape index (κ2) is 11.4. The molecule has 2 aromatic rings. The molecule has 0 bridgehead atoms. The first-order valence-corrected chi connectivity index (χ1v) is 11.1. The highest BCUT2D eigenvalue weighted by Gasteiger charge is 2.30. The second-order valence-electron chi connectivity index (χ2n) is 7.84. The molecule has 1 saturated heterocycles. The topological polar surface area (TPSA) is 42.0 Å². The lowest BCUT2D eigenvalue weighted by Gasteiger charge is -2.41. The van der Waals surface area contributed by atoms with E-state index in [9.17, 15) is 9.18 Å². The maximum absolute atomic E-state index is 13.5. The Kier molecular flexibility index (Phi) is 8.58. The first kappa shape index (κ1) is 23.4. The van der Waals surface area contributed by atoms with E-state index >= 15 is 0 Å². The van der Waals surface area contributed by atoms with Crippen molar-refractivity contribution in [1.82, 2.24) is 9.80 Å². The van der Waals surface area contributed by atoms with Gasteiger partial charge in [-0.2, -0.15) is 0 Å². The van der Waals surface area contributed by atoms with Gasteiger partial charge < -0.3 is 9.47 Å². The largest absolute Gasteiger partial charge is 0.465 e. The molecule has 168 valence electrons. The van der Waals surface area contributed by atoms with Gasteiger partial charge in [0.05, 0.1) is 6.61 Å². The number of hydrogen-bond donors (Lipinski definition) is 0. The molecule has 3 atom stereocenters. The van der Waals surface area contributed by atoms with E-state index in [1.54, 1.807) is 12.1 Å². The fourth-order valence-corrected chi connectivity index (χ4v) is 4.04. The van der Waals surface area contributed by atoms with Crippen molar-refractivity contribution in [3.8, 4) is 0 Å². The molecule has 3 rings (SSSR count). The molecule has 0 N–H and O–H groups in total. The zero-order valence-electron chi connectivity index (χ0n) is 18.7. The Hall–Kier alpha value is -2.28. The normalized spacial score (nSPS) is 18.3. The minimum absolute atomic E-state index is 0.0738. The molecule has 2 aromatic carbocycles. The Labute approximate surface area is 184 Å². The molecule has 0 amide bonds. The summed E-state index contributed by atoms with van der Waals surface area (Å²) >= 11 is 0. The molecule has 1 heterocycles. The van der Waals surface area contributed by atoms with Gasteiger partial charge in [-0.15, -0.1) is 0 Å². The van der Waals surface area contributed by atoms with Crippen LogP contribution in [0.25, 0.3) is 0 Å². The molecule has 0 spiro atoms. The molecule has 0 aromatic heterocycles. The predicted octanol–water partition coefficient (Wildman–Crippen LogP) is 4.24. The summed E-state index contributed by atoms with van der Waals surface area (Å²) in [5, 5.41) is 0. The van der Waals surface area contributed by atoms with Gasteiger partial charge in [-0.1, -0.05) is 49.4 Å². The second-order valence-corrected chi connectivity index (χ2v) is 7.84. The molecular formula is C25H33FN2O3. The molecule has 5 nitrogen and oxygen atoms in total. The van der Waals surface area contributed by atoms with Gasteiger partial charge in [0.15, 0.2) is 0 Å². The molecule has 0 radical (unpaired) electrons. The number of hydrogen-bond acceptors (Lipinski definition) is 5. The lowest BCUT2D eigenvalue weighted by Crippen LogP contribution is -2.55. The van der Waals surface area contributed by atoms with Crippen LogP contribution in [0.3, 0.4) is 0 Å². The van der Waals surface area contributed by atoms with Crippen LogP contribution < -0.4 is 0 Å².